The molecule has 2 aromatic rings. The molecule has 0 heterocycles. The van der Waals surface area contributed by atoms with E-state index in [-0.39, 0.29) is 10.6 Å². The Morgan fingerprint density at radius 3 is 2.10 bits per heavy atom. The van der Waals surface area contributed by atoms with Crippen LogP contribution in [0, 0.1) is 16.0 Å². The van der Waals surface area contributed by atoms with Gasteiger partial charge in [-0.25, -0.2) is 0 Å². The van der Waals surface area contributed by atoms with Gasteiger partial charge in [0, 0.05) is 24.4 Å². The van der Waals surface area contributed by atoms with Gasteiger partial charge in [-0.05, 0) is 35.6 Å². The van der Waals surface area contributed by atoms with Crippen molar-refractivity contribution in [3.05, 3.63) is 69.8 Å². The number of rotatable bonds is 6. The van der Waals surface area contributed by atoms with Crippen LogP contribution in [0.15, 0.2) is 48.5 Å². The van der Waals surface area contributed by atoms with Gasteiger partial charge in [-0.15, -0.1) is 0 Å². The lowest BCUT2D eigenvalue weighted by Crippen LogP contribution is -2.00. The normalized spacial score (nSPS) is 10.6. The molecule has 0 spiro atoms. The molecule has 0 fully saturated rings. The molecule has 4 heteroatoms. The lowest BCUT2D eigenvalue weighted by molar-refractivity contribution is -0.384. The molecule has 2 rings (SSSR count). The highest BCUT2D eigenvalue weighted by Gasteiger charge is 2.03. The zero-order valence-corrected chi connectivity index (χ0v) is 12.4. The number of nitrogens with one attached hydrogen (secondary N) is 1. The largest absolute Gasteiger partial charge is 0.381 e. The summed E-state index contributed by atoms with van der Waals surface area (Å²) in [4.78, 5) is 10.2. The van der Waals surface area contributed by atoms with E-state index in [2.05, 4.69) is 43.4 Å². The van der Waals surface area contributed by atoms with E-state index in [9.17, 15) is 10.1 Å². The Labute approximate surface area is 125 Å². The highest BCUT2D eigenvalue weighted by molar-refractivity contribution is 5.45. The van der Waals surface area contributed by atoms with Gasteiger partial charge in [-0.2, -0.15) is 0 Å². The molecule has 0 aliphatic rings. The minimum absolute atomic E-state index is 0.122. The van der Waals surface area contributed by atoms with Crippen LogP contribution in [0.4, 0.5) is 11.4 Å². The molecule has 2 aromatic carbocycles. The molecular weight excluding hydrogens is 264 g/mol. The van der Waals surface area contributed by atoms with Crippen LogP contribution in [0.1, 0.15) is 25.0 Å². The molecule has 110 valence electrons. The van der Waals surface area contributed by atoms with E-state index in [0.29, 0.717) is 12.5 Å². The zero-order valence-electron chi connectivity index (χ0n) is 12.4. The summed E-state index contributed by atoms with van der Waals surface area (Å²) >= 11 is 0. The second-order valence-electron chi connectivity index (χ2n) is 5.57. The zero-order chi connectivity index (χ0) is 15.2. The van der Waals surface area contributed by atoms with Crippen molar-refractivity contribution in [1.82, 2.24) is 0 Å². The van der Waals surface area contributed by atoms with Gasteiger partial charge >= 0.3 is 0 Å². The number of benzene rings is 2. The van der Waals surface area contributed by atoms with Crippen LogP contribution < -0.4 is 5.32 Å². The van der Waals surface area contributed by atoms with Crippen molar-refractivity contribution in [3.63, 3.8) is 0 Å². The molecule has 0 saturated heterocycles. The molecular formula is C17H20N2O2. The molecule has 0 bridgehead atoms. The summed E-state index contributed by atoms with van der Waals surface area (Å²) in [5, 5.41) is 13.9. The van der Waals surface area contributed by atoms with E-state index >= 15 is 0 Å². The number of anilines is 1. The standard InChI is InChI=1S/C17H20N2O2/c1-13(2)11-14-3-7-16(8-4-14)18-12-15-5-9-17(10-6-15)19(20)21/h3-10,13,18H,11-12H2,1-2H3. The van der Waals surface area contributed by atoms with Crippen LogP contribution in [0.2, 0.25) is 0 Å². The summed E-state index contributed by atoms with van der Waals surface area (Å²) in [7, 11) is 0. The summed E-state index contributed by atoms with van der Waals surface area (Å²) in [5.41, 5.74) is 3.54. The number of hydrogen-bond donors (Lipinski definition) is 1. The second kappa shape index (κ2) is 6.88. The first kappa shape index (κ1) is 15.0. The quantitative estimate of drug-likeness (QED) is 0.631. The molecule has 0 aromatic heterocycles. The summed E-state index contributed by atoms with van der Waals surface area (Å²) in [5.74, 6) is 0.656. The Bertz CT molecular complexity index is 589. The van der Waals surface area contributed by atoms with Crippen LogP contribution in [-0.2, 0) is 13.0 Å². The van der Waals surface area contributed by atoms with Crippen LogP contribution in [0.5, 0.6) is 0 Å². The van der Waals surface area contributed by atoms with Crippen LogP contribution >= 0.6 is 0 Å². The molecule has 0 amide bonds. The third-order valence-electron chi connectivity index (χ3n) is 3.24. The van der Waals surface area contributed by atoms with E-state index in [0.717, 1.165) is 17.7 Å². The predicted octanol–water partition coefficient (Wildman–Crippen LogP) is 4.41. The third kappa shape index (κ3) is 4.60. The lowest BCUT2D eigenvalue weighted by atomic mass is 10.0. The molecule has 21 heavy (non-hydrogen) atoms. The smallest absolute Gasteiger partial charge is 0.269 e. The van der Waals surface area contributed by atoms with Gasteiger partial charge in [-0.1, -0.05) is 38.1 Å². The number of nitro benzene ring substituents is 1. The first-order valence-electron chi connectivity index (χ1n) is 7.11. The monoisotopic (exact) mass is 284 g/mol. The third-order valence-corrected chi connectivity index (χ3v) is 3.24. The number of hydrogen-bond acceptors (Lipinski definition) is 3. The van der Waals surface area contributed by atoms with E-state index < -0.39 is 0 Å². The fourth-order valence-electron chi connectivity index (χ4n) is 2.17. The number of nitrogens with zero attached hydrogens (tertiary/aromatic N) is 1. The van der Waals surface area contributed by atoms with E-state index in [1.165, 1.54) is 17.7 Å². The van der Waals surface area contributed by atoms with Gasteiger partial charge in [0.05, 0.1) is 4.92 Å². The molecule has 0 atom stereocenters. The summed E-state index contributed by atoms with van der Waals surface area (Å²) in [6, 6.07) is 15.0. The summed E-state index contributed by atoms with van der Waals surface area (Å²) < 4.78 is 0. The molecule has 0 saturated carbocycles. The molecule has 0 unspecified atom stereocenters. The maximum absolute atomic E-state index is 10.6. The van der Waals surface area contributed by atoms with Crippen molar-refractivity contribution in [2.75, 3.05) is 5.32 Å². The molecule has 0 aliphatic carbocycles. The van der Waals surface area contributed by atoms with Gasteiger partial charge in [0.15, 0.2) is 0 Å². The van der Waals surface area contributed by atoms with Crippen molar-refractivity contribution < 1.29 is 4.92 Å². The highest BCUT2D eigenvalue weighted by Crippen LogP contribution is 2.16. The Kier molecular flexibility index (Phi) is 4.93. The van der Waals surface area contributed by atoms with Gasteiger partial charge in [-0.3, -0.25) is 10.1 Å². The number of non-ortho nitro benzene ring substituents is 1. The predicted molar refractivity (Wildman–Crippen MR) is 85.4 cm³/mol. The van der Waals surface area contributed by atoms with Gasteiger partial charge in [0.1, 0.15) is 0 Å². The number of nitro groups is 1. The molecule has 0 radical (unpaired) electrons. The Balaban J connectivity index is 1.91. The van der Waals surface area contributed by atoms with Crippen molar-refractivity contribution in [3.8, 4) is 0 Å². The van der Waals surface area contributed by atoms with Crippen molar-refractivity contribution in [2.45, 2.75) is 26.8 Å². The minimum atomic E-state index is -0.384. The van der Waals surface area contributed by atoms with E-state index in [1.54, 1.807) is 12.1 Å². The van der Waals surface area contributed by atoms with Gasteiger partial charge < -0.3 is 5.32 Å². The highest BCUT2D eigenvalue weighted by atomic mass is 16.6. The SMILES string of the molecule is CC(C)Cc1ccc(NCc2ccc([N+](=O)[O-])cc2)cc1. The first-order valence-corrected chi connectivity index (χ1v) is 7.11. The van der Waals surface area contributed by atoms with E-state index in [1.807, 2.05) is 0 Å². The van der Waals surface area contributed by atoms with Crippen LogP contribution in [0.3, 0.4) is 0 Å². The molecule has 4 nitrogen and oxygen atoms in total. The second-order valence-corrected chi connectivity index (χ2v) is 5.57. The van der Waals surface area contributed by atoms with Crippen molar-refractivity contribution in [1.29, 1.82) is 0 Å². The van der Waals surface area contributed by atoms with Crippen molar-refractivity contribution >= 4 is 11.4 Å². The minimum Gasteiger partial charge on any atom is -0.381 e. The maximum Gasteiger partial charge on any atom is 0.269 e. The van der Waals surface area contributed by atoms with Gasteiger partial charge in [0.25, 0.3) is 5.69 Å². The Morgan fingerprint density at radius 2 is 1.57 bits per heavy atom. The molecule has 0 aliphatic heterocycles. The Hall–Kier alpha value is -2.36. The van der Waals surface area contributed by atoms with E-state index in [4.69, 9.17) is 0 Å². The Morgan fingerprint density at radius 1 is 1.00 bits per heavy atom. The van der Waals surface area contributed by atoms with Crippen LogP contribution in [0.25, 0.3) is 0 Å². The molecule has 1 N–H and O–H groups in total. The fourth-order valence-corrected chi connectivity index (χ4v) is 2.17. The topological polar surface area (TPSA) is 55.2 Å². The van der Waals surface area contributed by atoms with Crippen molar-refractivity contribution in [2.24, 2.45) is 5.92 Å². The maximum atomic E-state index is 10.6. The average molecular weight is 284 g/mol. The summed E-state index contributed by atoms with van der Waals surface area (Å²) in [6.45, 7) is 5.07. The lowest BCUT2D eigenvalue weighted by Gasteiger charge is -2.09. The average Bonchev–Trinajstić information content (AvgIpc) is 2.46. The fraction of sp³-hybridized carbons (Fsp3) is 0.294. The summed E-state index contributed by atoms with van der Waals surface area (Å²) in [6.07, 6.45) is 1.09. The first-order chi connectivity index (χ1) is 10.0. The van der Waals surface area contributed by atoms with Gasteiger partial charge in [0.2, 0.25) is 0 Å². The van der Waals surface area contributed by atoms with Crippen LogP contribution in [-0.4, -0.2) is 4.92 Å².